The zero-order valence-corrected chi connectivity index (χ0v) is 8.31. The lowest BCUT2D eigenvalue weighted by molar-refractivity contribution is 0.158. The summed E-state index contributed by atoms with van der Waals surface area (Å²) in [5, 5.41) is 16.8. The second-order valence-electron chi connectivity index (χ2n) is 3.28. The van der Waals surface area contributed by atoms with Crippen molar-refractivity contribution >= 4 is 0 Å². The lowest BCUT2D eigenvalue weighted by Gasteiger charge is -2.05. The molecule has 0 amide bonds. The largest absolute Gasteiger partial charge is 0.425 e. The van der Waals surface area contributed by atoms with E-state index in [9.17, 15) is 5.21 Å². The van der Waals surface area contributed by atoms with Crippen LogP contribution in [0.3, 0.4) is 0 Å². The summed E-state index contributed by atoms with van der Waals surface area (Å²) < 4.78 is 0.756. The van der Waals surface area contributed by atoms with Gasteiger partial charge in [0.1, 0.15) is 0 Å². The van der Waals surface area contributed by atoms with Gasteiger partial charge in [0.05, 0.1) is 11.4 Å². The van der Waals surface area contributed by atoms with Crippen LogP contribution in [0.15, 0.2) is 36.4 Å². The third-order valence-corrected chi connectivity index (χ3v) is 2.18. The maximum Gasteiger partial charge on any atom is 0.256 e. The first kappa shape index (κ1) is 9.45. The van der Waals surface area contributed by atoms with Gasteiger partial charge in [0.2, 0.25) is 0 Å². The minimum absolute atomic E-state index is 0.158. The second kappa shape index (κ2) is 3.57. The van der Waals surface area contributed by atoms with Gasteiger partial charge in [0.15, 0.2) is 0 Å². The molecular formula is C11H11N3O. The third kappa shape index (κ3) is 1.74. The van der Waals surface area contributed by atoms with Crippen LogP contribution in [0.5, 0.6) is 0 Å². The zero-order chi connectivity index (χ0) is 10.8. The molecule has 2 rings (SSSR count). The molecule has 0 unspecified atom stereocenters. The maximum absolute atomic E-state index is 9.34. The summed E-state index contributed by atoms with van der Waals surface area (Å²) in [6.07, 6.45) is 0. The first-order chi connectivity index (χ1) is 7.18. The molecule has 0 atom stereocenters. The fraction of sp³-hybridized carbons (Fsp3) is 0.0909. The highest BCUT2D eigenvalue weighted by Crippen LogP contribution is 2.14. The molecule has 2 N–H and O–H groups in total. The van der Waals surface area contributed by atoms with Crippen LogP contribution < -0.4 is 5.62 Å². The molecule has 76 valence electrons. The first-order valence-corrected chi connectivity index (χ1v) is 4.58. The number of hydrogen-bond acceptors (Lipinski definition) is 3. The van der Waals surface area contributed by atoms with E-state index in [2.05, 4.69) is 4.98 Å². The summed E-state index contributed by atoms with van der Waals surface area (Å²) in [6, 6.07) is 11.3. The smallest absolute Gasteiger partial charge is 0.256 e. The predicted octanol–water partition coefficient (Wildman–Crippen LogP) is 1.58. The van der Waals surface area contributed by atoms with Crippen LogP contribution in [-0.2, 0) is 0 Å². The Kier molecular flexibility index (Phi) is 2.25. The normalized spacial score (nSPS) is 10.2. The summed E-state index contributed by atoms with van der Waals surface area (Å²) in [5.74, 6) is 0. The van der Waals surface area contributed by atoms with Crippen LogP contribution in [0.1, 0.15) is 5.69 Å². The molecule has 0 spiro atoms. The van der Waals surface area contributed by atoms with Gasteiger partial charge >= 0.3 is 0 Å². The molecule has 0 fully saturated rings. The molecule has 0 saturated carbocycles. The van der Waals surface area contributed by atoms with Gasteiger partial charge in [-0.25, -0.2) is 4.98 Å². The summed E-state index contributed by atoms with van der Waals surface area (Å²) >= 11 is 0. The maximum atomic E-state index is 9.34. The number of benzene rings is 1. The van der Waals surface area contributed by atoms with Gasteiger partial charge in [0.25, 0.3) is 5.62 Å². The van der Waals surface area contributed by atoms with Crippen molar-refractivity contribution in [1.29, 1.82) is 5.41 Å². The molecule has 0 radical (unpaired) electrons. The van der Waals surface area contributed by atoms with Crippen molar-refractivity contribution in [3.05, 3.63) is 47.7 Å². The van der Waals surface area contributed by atoms with Crippen molar-refractivity contribution in [2.45, 2.75) is 6.92 Å². The van der Waals surface area contributed by atoms with Crippen LogP contribution in [0.2, 0.25) is 0 Å². The van der Waals surface area contributed by atoms with Gasteiger partial charge in [-0.15, -0.1) is 0 Å². The number of nitrogens with zero attached hydrogens (tertiary/aromatic N) is 2. The molecule has 0 saturated heterocycles. The molecule has 0 aliphatic heterocycles. The van der Waals surface area contributed by atoms with Crippen LogP contribution >= 0.6 is 0 Å². The Hall–Kier alpha value is -2.10. The molecule has 15 heavy (non-hydrogen) atoms. The van der Waals surface area contributed by atoms with E-state index < -0.39 is 0 Å². The highest BCUT2D eigenvalue weighted by molar-refractivity contribution is 5.58. The van der Waals surface area contributed by atoms with Gasteiger partial charge in [-0.1, -0.05) is 30.3 Å². The fourth-order valence-corrected chi connectivity index (χ4v) is 1.38. The van der Waals surface area contributed by atoms with E-state index >= 15 is 0 Å². The molecule has 0 aliphatic carbocycles. The second-order valence-corrected chi connectivity index (χ2v) is 3.28. The Morgan fingerprint density at radius 3 is 2.53 bits per heavy atom. The Balaban J connectivity index is 2.61. The minimum atomic E-state index is -0.158. The lowest BCUT2D eigenvalue weighted by Crippen LogP contribution is -2.23. The number of aromatic nitrogens is 2. The fourth-order valence-electron chi connectivity index (χ4n) is 1.38. The van der Waals surface area contributed by atoms with Crippen molar-refractivity contribution in [3.8, 4) is 11.3 Å². The summed E-state index contributed by atoms with van der Waals surface area (Å²) in [4.78, 5) is 3.98. The topological polar surface area (TPSA) is 61.9 Å². The Labute approximate surface area is 86.9 Å². The van der Waals surface area contributed by atoms with Crippen molar-refractivity contribution in [2.75, 3.05) is 0 Å². The quantitative estimate of drug-likeness (QED) is 0.688. The van der Waals surface area contributed by atoms with Gasteiger partial charge < -0.3 is 5.21 Å². The van der Waals surface area contributed by atoms with Gasteiger partial charge in [-0.05, 0) is 13.0 Å². The number of rotatable bonds is 1. The molecule has 1 aromatic carbocycles. The monoisotopic (exact) mass is 201 g/mol. The number of nitrogens with one attached hydrogen (secondary N) is 1. The van der Waals surface area contributed by atoms with E-state index in [4.69, 9.17) is 5.41 Å². The highest BCUT2D eigenvalue weighted by atomic mass is 16.5. The number of aryl methyl sites for hydroxylation is 1. The van der Waals surface area contributed by atoms with Gasteiger partial charge in [-0.3, -0.25) is 5.41 Å². The number of hydrogen-bond donors (Lipinski definition) is 2. The molecular weight excluding hydrogens is 190 g/mol. The van der Waals surface area contributed by atoms with E-state index in [-0.39, 0.29) is 5.62 Å². The summed E-state index contributed by atoms with van der Waals surface area (Å²) in [7, 11) is 0. The molecule has 1 aromatic heterocycles. The van der Waals surface area contributed by atoms with Crippen LogP contribution in [0.4, 0.5) is 0 Å². The summed E-state index contributed by atoms with van der Waals surface area (Å²) in [5.41, 5.74) is 2.07. The van der Waals surface area contributed by atoms with E-state index in [1.165, 1.54) is 0 Å². The van der Waals surface area contributed by atoms with E-state index in [1.807, 2.05) is 30.3 Å². The highest BCUT2D eigenvalue weighted by Gasteiger charge is 2.02. The zero-order valence-electron chi connectivity index (χ0n) is 8.31. The molecule has 0 bridgehead atoms. The molecule has 4 heteroatoms. The SMILES string of the molecule is Cc1cc(-c2ccccc2)nc(=N)n1O. The van der Waals surface area contributed by atoms with E-state index in [0.29, 0.717) is 11.4 Å². The van der Waals surface area contributed by atoms with Crippen LogP contribution in [0, 0.1) is 12.3 Å². The average molecular weight is 201 g/mol. The van der Waals surface area contributed by atoms with E-state index in [1.54, 1.807) is 13.0 Å². The van der Waals surface area contributed by atoms with Crippen molar-refractivity contribution in [3.63, 3.8) is 0 Å². The average Bonchev–Trinajstić information content (AvgIpc) is 2.26. The molecule has 2 aromatic rings. The van der Waals surface area contributed by atoms with E-state index in [0.717, 1.165) is 10.3 Å². The van der Waals surface area contributed by atoms with Crippen molar-refractivity contribution < 1.29 is 5.21 Å². The molecule has 0 aliphatic rings. The van der Waals surface area contributed by atoms with Crippen LogP contribution in [-0.4, -0.2) is 14.9 Å². The standard InChI is InChI=1S/C11H11N3O/c1-8-7-10(13-11(12)14(8)15)9-5-3-2-4-6-9/h2-7,12,15H,1H3. The Morgan fingerprint density at radius 2 is 1.93 bits per heavy atom. The third-order valence-electron chi connectivity index (χ3n) is 2.18. The Bertz CT molecular complexity index is 531. The Morgan fingerprint density at radius 1 is 1.27 bits per heavy atom. The molecule has 4 nitrogen and oxygen atoms in total. The lowest BCUT2D eigenvalue weighted by atomic mass is 10.1. The van der Waals surface area contributed by atoms with Crippen LogP contribution in [0.25, 0.3) is 11.3 Å². The molecule has 1 heterocycles. The first-order valence-electron chi connectivity index (χ1n) is 4.58. The predicted molar refractivity (Wildman–Crippen MR) is 55.4 cm³/mol. The summed E-state index contributed by atoms with van der Waals surface area (Å²) in [6.45, 7) is 1.73. The van der Waals surface area contributed by atoms with Crippen molar-refractivity contribution in [2.24, 2.45) is 0 Å². The van der Waals surface area contributed by atoms with Gasteiger partial charge in [0, 0.05) is 5.56 Å². The van der Waals surface area contributed by atoms with Crippen molar-refractivity contribution in [1.82, 2.24) is 9.71 Å². The minimum Gasteiger partial charge on any atom is -0.425 e. The van der Waals surface area contributed by atoms with Gasteiger partial charge in [-0.2, -0.15) is 4.73 Å².